The van der Waals surface area contributed by atoms with Gasteiger partial charge in [0.25, 0.3) is 5.89 Å². The average molecular weight is 287 g/mol. The molecule has 0 amide bonds. The Morgan fingerprint density at radius 2 is 2.19 bits per heavy atom. The van der Waals surface area contributed by atoms with Gasteiger partial charge in [0, 0.05) is 12.6 Å². The molecule has 1 aliphatic rings. The molecule has 1 aliphatic carbocycles. The summed E-state index contributed by atoms with van der Waals surface area (Å²) < 4.78 is 11.1. The van der Waals surface area contributed by atoms with Gasteiger partial charge in [0.1, 0.15) is 5.75 Å². The third-order valence-corrected chi connectivity index (χ3v) is 4.17. The van der Waals surface area contributed by atoms with E-state index < -0.39 is 0 Å². The second kappa shape index (κ2) is 5.84. The fraction of sp³-hybridized carbons (Fsp3) is 0.562. The van der Waals surface area contributed by atoms with Gasteiger partial charge in [0.05, 0.1) is 6.20 Å². The Labute approximate surface area is 124 Å². The molecule has 0 saturated heterocycles. The smallest absolute Gasteiger partial charge is 0.267 e. The second-order valence-corrected chi connectivity index (χ2v) is 6.19. The van der Waals surface area contributed by atoms with E-state index in [4.69, 9.17) is 9.26 Å². The highest BCUT2D eigenvalue weighted by atomic mass is 16.5. The molecule has 2 aromatic rings. The maximum absolute atomic E-state index is 5.75. The maximum atomic E-state index is 5.75. The molecule has 1 atom stereocenters. The zero-order valence-corrected chi connectivity index (χ0v) is 12.6. The molecule has 0 aromatic carbocycles. The topological polar surface area (TPSA) is 61.0 Å². The normalized spacial score (nSPS) is 18.6. The highest BCUT2D eigenvalue weighted by Crippen LogP contribution is 2.39. The van der Waals surface area contributed by atoms with Crippen molar-refractivity contribution >= 4 is 0 Å². The van der Waals surface area contributed by atoms with E-state index in [1.54, 1.807) is 12.4 Å². The lowest BCUT2D eigenvalue weighted by atomic mass is 9.85. The van der Waals surface area contributed by atoms with Crippen molar-refractivity contribution in [3.63, 3.8) is 0 Å². The van der Waals surface area contributed by atoms with Crippen molar-refractivity contribution in [3.05, 3.63) is 36.2 Å². The van der Waals surface area contributed by atoms with Crippen LogP contribution in [0.4, 0.5) is 0 Å². The van der Waals surface area contributed by atoms with Crippen LogP contribution in [0.15, 0.2) is 29.0 Å². The molecule has 1 saturated carbocycles. The summed E-state index contributed by atoms with van der Waals surface area (Å²) >= 11 is 0. The predicted molar refractivity (Wildman–Crippen MR) is 77.9 cm³/mol. The lowest BCUT2D eigenvalue weighted by molar-refractivity contribution is 0.175. The van der Waals surface area contributed by atoms with E-state index in [1.165, 1.54) is 25.7 Å². The zero-order valence-electron chi connectivity index (χ0n) is 12.6. The summed E-state index contributed by atoms with van der Waals surface area (Å²) in [5.41, 5.74) is 0.328. The minimum atomic E-state index is -0.271. The van der Waals surface area contributed by atoms with Crippen molar-refractivity contribution in [3.8, 4) is 5.75 Å². The van der Waals surface area contributed by atoms with Gasteiger partial charge in [0.15, 0.2) is 11.9 Å². The van der Waals surface area contributed by atoms with Crippen molar-refractivity contribution in [2.45, 2.75) is 52.1 Å². The van der Waals surface area contributed by atoms with E-state index in [2.05, 4.69) is 22.0 Å². The summed E-state index contributed by atoms with van der Waals surface area (Å²) in [6, 6.07) is 3.70. The average Bonchev–Trinajstić information content (AvgIpc) is 3.10. The Morgan fingerprint density at radius 1 is 1.38 bits per heavy atom. The third-order valence-electron chi connectivity index (χ3n) is 4.17. The number of hydrogen-bond acceptors (Lipinski definition) is 5. The molecule has 0 aliphatic heterocycles. The number of ether oxygens (including phenoxy) is 1. The Kier molecular flexibility index (Phi) is 3.90. The summed E-state index contributed by atoms with van der Waals surface area (Å²) in [5.74, 6) is 2.01. The fourth-order valence-corrected chi connectivity index (χ4v) is 2.96. The van der Waals surface area contributed by atoms with Crippen LogP contribution in [-0.2, 0) is 6.42 Å². The Hall–Kier alpha value is -1.91. The first-order chi connectivity index (χ1) is 10.1. The van der Waals surface area contributed by atoms with Crippen LogP contribution in [0.25, 0.3) is 0 Å². The first-order valence-electron chi connectivity index (χ1n) is 7.54. The van der Waals surface area contributed by atoms with Crippen molar-refractivity contribution < 1.29 is 9.26 Å². The van der Waals surface area contributed by atoms with E-state index in [-0.39, 0.29) is 6.10 Å². The molecule has 21 heavy (non-hydrogen) atoms. The van der Waals surface area contributed by atoms with Crippen molar-refractivity contribution in [1.82, 2.24) is 15.1 Å². The van der Waals surface area contributed by atoms with E-state index in [1.807, 2.05) is 19.1 Å². The second-order valence-electron chi connectivity index (χ2n) is 6.19. The number of hydrogen-bond donors (Lipinski definition) is 0. The number of pyridine rings is 1. The lowest BCUT2D eigenvalue weighted by Crippen LogP contribution is -2.15. The summed E-state index contributed by atoms with van der Waals surface area (Å²) in [4.78, 5) is 8.51. The largest absolute Gasteiger partial charge is 0.479 e. The molecular formula is C16H21N3O2. The molecule has 0 bridgehead atoms. The van der Waals surface area contributed by atoms with Crippen LogP contribution in [0.2, 0.25) is 0 Å². The number of aromatic nitrogens is 3. The van der Waals surface area contributed by atoms with Gasteiger partial charge < -0.3 is 9.26 Å². The van der Waals surface area contributed by atoms with E-state index in [0.29, 0.717) is 17.1 Å². The molecule has 1 unspecified atom stereocenters. The number of rotatable bonds is 5. The summed E-state index contributed by atoms with van der Waals surface area (Å²) in [6.07, 6.45) is 9.11. The molecule has 3 rings (SSSR count). The molecule has 2 aromatic heterocycles. The molecular weight excluding hydrogens is 266 g/mol. The molecule has 0 spiro atoms. The first kappa shape index (κ1) is 14.0. The SMILES string of the molecule is CC(Oc1cccnc1)c1nc(CC2(C)CCCC2)no1. The van der Waals surface area contributed by atoms with Gasteiger partial charge in [-0.25, -0.2) is 0 Å². The lowest BCUT2D eigenvalue weighted by Gasteiger charge is -2.20. The molecule has 2 heterocycles. The zero-order chi connectivity index (χ0) is 14.7. The number of nitrogens with zero attached hydrogens (tertiary/aromatic N) is 3. The minimum Gasteiger partial charge on any atom is -0.479 e. The van der Waals surface area contributed by atoms with E-state index in [0.717, 1.165) is 12.2 Å². The Bertz CT molecular complexity index is 576. The quantitative estimate of drug-likeness (QED) is 0.838. The third kappa shape index (κ3) is 3.40. The minimum absolute atomic E-state index is 0.271. The Balaban J connectivity index is 1.64. The van der Waals surface area contributed by atoms with Gasteiger partial charge in [-0.15, -0.1) is 0 Å². The standard InChI is InChI=1S/C16H21N3O2/c1-12(20-13-6-5-9-17-11-13)15-18-14(19-21-15)10-16(2)7-3-4-8-16/h5-6,9,11-12H,3-4,7-8,10H2,1-2H3. The molecule has 112 valence electrons. The first-order valence-corrected chi connectivity index (χ1v) is 7.54. The van der Waals surface area contributed by atoms with Crippen LogP contribution < -0.4 is 4.74 Å². The van der Waals surface area contributed by atoms with Gasteiger partial charge in [-0.1, -0.05) is 24.9 Å². The molecule has 5 heteroatoms. The monoisotopic (exact) mass is 287 g/mol. The van der Waals surface area contributed by atoms with E-state index >= 15 is 0 Å². The van der Waals surface area contributed by atoms with Gasteiger partial charge in [-0.2, -0.15) is 4.98 Å². The van der Waals surface area contributed by atoms with Crippen LogP contribution in [0.1, 0.15) is 57.3 Å². The maximum Gasteiger partial charge on any atom is 0.267 e. The van der Waals surface area contributed by atoms with Gasteiger partial charge in [-0.3, -0.25) is 4.98 Å². The van der Waals surface area contributed by atoms with Crippen LogP contribution in [0.5, 0.6) is 5.75 Å². The molecule has 0 radical (unpaired) electrons. The fourth-order valence-electron chi connectivity index (χ4n) is 2.96. The Morgan fingerprint density at radius 3 is 2.90 bits per heavy atom. The summed E-state index contributed by atoms with van der Waals surface area (Å²) in [6.45, 7) is 4.22. The predicted octanol–water partition coefficient (Wildman–Crippen LogP) is 3.73. The molecule has 1 fully saturated rings. The van der Waals surface area contributed by atoms with Crippen molar-refractivity contribution in [1.29, 1.82) is 0 Å². The van der Waals surface area contributed by atoms with Gasteiger partial charge >= 0.3 is 0 Å². The van der Waals surface area contributed by atoms with Crippen LogP contribution in [0.3, 0.4) is 0 Å². The highest BCUT2D eigenvalue weighted by molar-refractivity contribution is 5.16. The molecule has 5 nitrogen and oxygen atoms in total. The van der Waals surface area contributed by atoms with Crippen LogP contribution in [-0.4, -0.2) is 15.1 Å². The summed E-state index contributed by atoms with van der Waals surface area (Å²) in [5, 5.41) is 4.11. The van der Waals surface area contributed by atoms with Gasteiger partial charge in [-0.05, 0) is 37.3 Å². The van der Waals surface area contributed by atoms with E-state index in [9.17, 15) is 0 Å². The van der Waals surface area contributed by atoms with Crippen molar-refractivity contribution in [2.75, 3.05) is 0 Å². The van der Waals surface area contributed by atoms with Crippen LogP contribution >= 0.6 is 0 Å². The van der Waals surface area contributed by atoms with Crippen LogP contribution in [0, 0.1) is 5.41 Å². The summed E-state index contributed by atoms with van der Waals surface area (Å²) in [7, 11) is 0. The molecule has 0 N–H and O–H groups in total. The van der Waals surface area contributed by atoms with Gasteiger partial charge in [0.2, 0.25) is 0 Å². The highest BCUT2D eigenvalue weighted by Gasteiger charge is 2.31. The van der Waals surface area contributed by atoms with Crippen molar-refractivity contribution in [2.24, 2.45) is 5.41 Å².